The molecule has 0 heterocycles. The molecule has 2 aromatic carbocycles. The molecule has 0 saturated carbocycles. The molecule has 2 rings (SSSR count). The Hall–Kier alpha value is -2.01. The topological polar surface area (TPSA) is 64.9 Å². The number of hydrazone groups is 1. The Morgan fingerprint density at radius 1 is 1.11 bits per heavy atom. The fraction of sp³-hybridized carbons (Fsp3) is 0.0714. The molecule has 0 aliphatic carbocycles. The molecule has 4 nitrogen and oxygen atoms in total. The first-order chi connectivity index (χ1) is 9.06. The molecule has 0 aliphatic heterocycles. The highest BCUT2D eigenvalue weighted by atomic mass is 79.9. The van der Waals surface area contributed by atoms with Crippen molar-refractivity contribution in [1.82, 2.24) is 0 Å². The van der Waals surface area contributed by atoms with Crippen LogP contribution in [0.4, 0.5) is 5.69 Å². The van der Waals surface area contributed by atoms with Gasteiger partial charge < -0.3 is 10.2 Å². The van der Waals surface area contributed by atoms with Gasteiger partial charge in [0.2, 0.25) is 0 Å². The Labute approximate surface area is 119 Å². The van der Waals surface area contributed by atoms with Gasteiger partial charge in [-0.3, -0.25) is 5.43 Å². The molecule has 98 valence electrons. The molecule has 0 atom stereocenters. The van der Waals surface area contributed by atoms with Gasteiger partial charge in [0.25, 0.3) is 0 Å². The van der Waals surface area contributed by atoms with Crippen LogP contribution in [-0.2, 0) is 0 Å². The summed E-state index contributed by atoms with van der Waals surface area (Å²) in [5, 5.41) is 23.2. The van der Waals surface area contributed by atoms with Crippen molar-refractivity contribution in [3.05, 3.63) is 52.5 Å². The molecule has 19 heavy (non-hydrogen) atoms. The Morgan fingerprint density at radius 2 is 1.79 bits per heavy atom. The number of nitrogens with one attached hydrogen (secondary N) is 1. The van der Waals surface area contributed by atoms with E-state index in [1.165, 1.54) is 0 Å². The lowest BCUT2D eigenvalue weighted by Gasteiger charge is -2.06. The highest BCUT2D eigenvalue weighted by Crippen LogP contribution is 2.23. The van der Waals surface area contributed by atoms with E-state index in [9.17, 15) is 10.2 Å². The molecule has 0 amide bonds. The third kappa shape index (κ3) is 3.48. The zero-order valence-corrected chi connectivity index (χ0v) is 11.8. The number of benzene rings is 2. The SMILES string of the molecule is C/C(=N\Nc1ccc(O)cc1)c1ccc(Br)cc1O. The Balaban J connectivity index is 2.16. The van der Waals surface area contributed by atoms with Crippen molar-refractivity contribution in [1.29, 1.82) is 0 Å². The van der Waals surface area contributed by atoms with E-state index >= 15 is 0 Å². The predicted octanol–water partition coefficient (Wildman–Crippen LogP) is 3.70. The van der Waals surface area contributed by atoms with Crippen molar-refractivity contribution in [2.75, 3.05) is 5.43 Å². The van der Waals surface area contributed by atoms with E-state index in [0.29, 0.717) is 11.3 Å². The number of phenols is 2. The van der Waals surface area contributed by atoms with Gasteiger partial charge in [-0.05, 0) is 49.4 Å². The number of hydrogen-bond acceptors (Lipinski definition) is 4. The number of phenolic OH excluding ortho intramolecular Hbond substituents is 2. The first kappa shape index (κ1) is 13.4. The van der Waals surface area contributed by atoms with Crippen LogP contribution in [0.1, 0.15) is 12.5 Å². The Morgan fingerprint density at radius 3 is 2.42 bits per heavy atom. The number of hydrogen-bond donors (Lipinski definition) is 3. The van der Waals surface area contributed by atoms with Crippen molar-refractivity contribution in [2.24, 2.45) is 5.10 Å². The van der Waals surface area contributed by atoms with E-state index in [1.807, 2.05) is 6.07 Å². The van der Waals surface area contributed by atoms with Gasteiger partial charge in [-0.15, -0.1) is 0 Å². The van der Waals surface area contributed by atoms with Crippen LogP contribution < -0.4 is 5.43 Å². The van der Waals surface area contributed by atoms with Gasteiger partial charge >= 0.3 is 0 Å². The van der Waals surface area contributed by atoms with Crippen LogP contribution in [0.25, 0.3) is 0 Å². The first-order valence-corrected chi connectivity index (χ1v) is 6.44. The van der Waals surface area contributed by atoms with E-state index in [4.69, 9.17) is 0 Å². The first-order valence-electron chi connectivity index (χ1n) is 5.64. The molecule has 0 unspecified atom stereocenters. The van der Waals surface area contributed by atoms with Gasteiger partial charge in [0.15, 0.2) is 0 Å². The molecule has 0 aliphatic rings. The fourth-order valence-electron chi connectivity index (χ4n) is 1.56. The quantitative estimate of drug-likeness (QED) is 0.459. The summed E-state index contributed by atoms with van der Waals surface area (Å²) in [7, 11) is 0. The highest BCUT2D eigenvalue weighted by Gasteiger charge is 2.05. The number of halogens is 1. The summed E-state index contributed by atoms with van der Waals surface area (Å²) < 4.78 is 0.813. The molecule has 0 fully saturated rings. The van der Waals surface area contributed by atoms with Crippen LogP contribution in [0.15, 0.2) is 52.0 Å². The second kappa shape index (κ2) is 5.75. The predicted molar refractivity (Wildman–Crippen MR) is 79.7 cm³/mol. The maximum absolute atomic E-state index is 9.82. The number of nitrogens with zero attached hydrogens (tertiary/aromatic N) is 1. The Bertz CT molecular complexity index is 609. The average Bonchev–Trinajstić information content (AvgIpc) is 2.37. The summed E-state index contributed by atoms with van der Waals surface area (Å²) in [6.07, 6.45) is 0. The second-order valence-electron chi connectivity index (χ2n) is 4.02. The monoisotopic (exact) mass is 320 g/mol. The number of aromatic hydroxyl groups is 2. The van der Waals surface area contributed by atoms with Gasteiger partial charge in [-0.1, -0.05) is 15.9 Å². The van der Waals surface area contributed by atoms with E-state index in [1.54, 1.807) is 43.3 Å². The molecule has 0 aromatic heterocycles. The minimum absolute atomic E-state index is 0.170. The summed E-state index contributed by atoms with van der Waals surface area (Å²) in [6.45, 7) is 1.80. The number of anilines is 1. The van der Waals surface area contributed by atoms with E-state index in [2.05, 4.69) is 26.5 Å². The van der Waals surface area contributed by atoms with Gasteiger partial charge in [-0.2, -0.15) is 5.10 Å². The minimum atomic E-state index is 0.170. The third-order valence-electron chi connectivity index (χ3n) is 2.57. The van der Waals surface area contributed by atoms with Crippen LogP contribution in [0.2, 0.25) is 0 Å². The van der Waals surface area contributed by atoms with Crippen molar-refractivity contribution in [3.63, 3.8) is 0 Å². The summed E-state index contributed by atoms with van der Waals surface area (Å²) in [5.74, 6) is 0.375. The maximum Gasteiger partial charge on any atom is 0.125 e. The smallest absolute Gasteiger partial charge is 0.125 e. The highest BCUT2D eigenvalue weighted by molar-refractivity contribution is 9.10. The lowest BCUT2D eigenvalue weighted by Crippen LogP contribution is -2.00. The van der Waals surface area contributed by atoms with Gasteiger partial charge in [-0.25, -0.2) is 0 Å². The molecule has 0 radical (unpaired) electrons. The van der Waals surface area contributed by atoms with Crippen LogP contribution in [0, 0.1) is 0 Å². The van der Waals surface area contributed by atoms with Crippen LogP contribution in [-0.4, -0.2) is 15.9 Å². The van der Waals surface area contributed by atoms with Crippen LogP contribution in [0.3, 0.4) is 0 Å². The fourth-order valence-corrected chi connectivity index (χ4v) is 1.90. The van der Waals surface area contributed by atoms with E-state index in [-0.39, 0.29) is 11.5 Å². The molecule has 0 saturated heterocycles. The normalized spacial score (nSPS) is 11.4. The summed E-state index contributed by atoms with van der Waals surface area (Å²) in [5.41, 5.74) is 4.95. The minimum Gasteiger partial charge on any atom is -0.508 e. The summed E-state index contributed by atoms with van der Waals surface area (Å²) in [6, 6.07) is 11.8. The second-order valence-corrected chi connectivity index (χ2v) is 4.93. The standard InChI is InChI=1S/C14H13BrN2O2/c1-9(13-7-2-10(15)8-14(13)19)16-17-11-3-5-12(18)6-4-11/h2-8,17-19H,1H3/b16-9+. The van der Waals surface area contributed by atoms with E-state index in [0.717, 1.165) is 10.2 Å². The zero-order valence-electron chi connectivity index (χ0n) is 10.3. The van der Waals surface area contributed by atoms with Gasteiger partial charge in [0.1, 0.15) is 11.5 Å². The molecule has 5 heteroatoms. The Kier molecular flexibility index (Phi) is 4.06. The van der Waals surface area contributed by atoms with Crippen molar-refractivity contribution in [2.45, 2.75) is 6.92 Å². The molecular weight excluding hydrogens is 308 g/mol. The van der Waals surface area contributed by atoms with Gasteiger partial charge in [0.05, 0.1) is 11.4 Å². The molecular formula is C14H13BrN2O2. The van der Waals surface area contributed by atoms with Crippen molar-refractivity contribution >= 4 is 27.3 Å². The maximum atomic E-state index is 9.82. The average molecular weight is 321 g/mol. The largest absolute Gasteiger partial charge is 0.508 e. The number of rotatable bonds is 3. The van der Waals surface area contributed by atoms with E-state index < -0.39 is 0 Å². The van der Waals surface area contributed by atoms with Crippen molar-refractivity contribution in [3.8, 4) is 11.5 Å². The molecule has 0 spiro atoms. The van der Waals surface area contributed by atoms with Crippen molar-refractivity contribution < 1.29 is 10.2 Å². The van der Waals surface area contributed by atoms with Gasteiger partial charge in [0, 0.05) is 10.0 Å². The third-order valence-corrected chi connectivity index (χ3v) is 3.06. The van der Waals surface area contributed by atoms with Crippen LogP contribution >= 0.6 is 15.9 Å². The van der Waals surface area contributed by atoms with Crippen LogP contribution in [0.5, 0.6) is 11.5 Å². The summed E-state index contributed by atoms with van der Waals surface area (Å²) in [4.78, 5) is 0. The lowest BCUT2D eigenvalue weighted by atomic mass is 10.1. The summed E-state index contributed by atoms with van der Waals surface area (Å²) >= 11 is 3.29. The zero-order chi connectivity index (χ0) is 13.8. The lowest BCUT2D eigenvalue weighted by molar-refractivity contribution is 0.473. The molecule has 0 bridgehead atoms. The molecule has 2 aromatic rings. The molecule has 3 N–H and O–H groups in total.